The van der Waals surface area contributed by atoms with E-state index in [-0.39, 0.29) is 36.4 Å². The molecule has 0 saturated heterocycles. The Morgan fingerprint density at radius 3 is 2.71 bits per heavy atom. The first-order chi connectivity index (χ1) is 16.4. The van der Waals surface area contributed by atoms with Gasteiger partial charge in [-0.3, -0.25) is 4.79 Å². The molecular weight excluding hydrogens is 433 g/mol. The van der Waals surface area contributed by atoms with Crippen LogP contribution in [0.2, 0.25) is 0 Å². The number of rotatable bonds is 7. The minimum atomic E-state index is -0.346. The SMILES string of the molecule is C[C@@H]1CN([C@H](C)CO)C(=O)c2cc(-c3cccc(F)c3)cnc2O[C@H]1CN(C)CC1CCCC1. The molecule has 184 valence electrons. The van der Waals surface area contributed by atoms with Gasteiger partial charge in [0.15, 0.2) is 0 Å². The monoisotopic (exact) mass is 469 g/mol. The summed E-state index contributed by atoms with van der Waals surface area (Å²) in [5.41, 5.74) is 1.64. The number of amides is 1. The summed E-state index contributed by atoms with van der Waals surface area (Å²) in [6.07, 6.45) is 6.68. The number of benzene rings is 1. The summed E-state index contributed by atoms with van der Waals surface area (Å²) >= 11 is 0. The molecule has 0 radical (unpaired) electrons. The summed E-state index contributed by atoms with van der Waals surface area (Å²) < 4.78 is 20.2. The Hall–Kier alpha value is -2.51. The van der Waals surface area contributed by atoms with Gasteiger partial charge in [-0.25, -0.2) is 9.37 Å². The quantitative estimate of drug-likeness (QED) is 0.658. The number of aliphatic hydroxyl groups is 1. The van der Waals surface area contributed by atoms with Crippen molar-refractivity contribution in [3.63, 3.8) is 0 Å². The molecule has 1 aromatic carbocycles. The highest BCUT2D eigenvalue weighted by molar-refractivity contribution is 5.98. The van der Waals surface area contributed by atoms with Crippen molar-refractivity contribution in [2.45, 2.75) is 51.7 Å². The third kappa shape index (κ3) is 5.58. The smallest absolute Gasteiger partial charge is 0.259 e. The van der Waals surface area contributed by atoms with Crippen LogP contribution in [0.3, 0.4) is 0 Å². The van der Waals surface area contributed by atoms with Crippen molar-refractivity contribution in [1.82, 2.24) is 14.8 Å². The van der Waals surface area contributed by atoms with Crippen molar-refractivity contribution in [3.05, 3.63) is 47.9 Å². The van der Waals surface area contributed by atoms with Gasteiger partial charge in [-0.05, 0) is 56.5 Å². The van der Waals surface area contributed by atoms with Gasteiger partial charge in [0.1, 0.15) is 17.5 Å². The van der Waals surface area contributed by atoms with Crippen LogP contribution in [-0.2, 0) is 0 Å². The molecule has 34 heavy (non-hydrogen) atoms. The molecule has 1 fully saturated rings. The van der Waals surface area contributed by atoms with Gasteiger partial charge < -0.3 is 19.6 Å². The lowest BCUT2D eigenvalue weighted by molar-refractivity contribution is 0.0320. The van der Waals surface area contributed by atoms with Crippen molar-refractivity contribution in [3.8, 4) is 17.0 Å². The number of carbonyl (C=O) groups is 1. The average Bonchev–Trinajstić information content (AvgIpc) is 3.33. The normalized spacial score (nSPS) is 22.3. The maximum Gasteiger partial charge on any atom is 0.259 e. The molecule has 3 atom stereocenters. The Morgan fingerprint density at radius 2 is 2.00 bits per heavy atom. The average molecular weight is 470 g/mol. The van der Waals surface area contributed by atoms with Crippen molar-refractivity contribution < 1.29 is 19.0 Å². The fraction of sp³-hybridized carbons (Fsp3) is 0.556. The number of ether oxygens (including phenoxy) is 1. The van der Waals surface area contributed by atoms with Crippen LogP contribution in [0, 0.1) is 17.7 Å². The zero-order chi connectivity index (χ0) is 24.2. The maximum absolute atomic E-state index is 13.8. The predicted octanol–water partition coefficient (Wildman–Crippen LogP) is 4.23. The van der Waals surface area contributed by atoms with Gasteiger partial charge in [0.25, 0.3) is 5.91 Å². The highest BCUT2D eigenvalue weighted by atomic mass is 19.1. The fourth-order valence-corrected chi connectivity index (χ4v) is 5.16. The van der Waals surface area contributed by atoms with Crippen LogP contribution in [0.15, 0.2) is 36.5 Å². The number of halogens is 1. The first-order valence-corrected chi connectivity index (χ1v) is 12.4. The third-order valence-electron chi connectivity index (χ3n) is 7.22. The van der Waals surface area contributed by atoms with E-state index < -0.39 is 0 Å². The van der Waals surface area contributed by atoms with Crippen molar-refractivity contribution in [2.24, 2.45) is 11.8 Å². The van der Waals surface area contributed by atoms with Gasteiger partial charge in [-0.15, -0.1) is 0 Å². The Kier molecular flexibility index (Phi) is 7.84. The Morgan fingerprint density at radius 1 is 1.24 bits per heavy atom. The van der Waals surface area contributed by atoms with Crippen LogP contribution >= 0.6 is 0 Å². The third-order valence-corrected chi connectivity index (χ3v) is 7.22. The van der Waals surface area contributed by atoms with Crippen molar-refractivity contribution >= 4 is 5.91 Å². The molecule has 1 amide bonds. The number of fused-ring (bicyclic) bond motifs is 1. The van der Waals surface area contributed by atoms with E-state index in [1.807, 2.05) is 6.92 Å². The van der Waals surface area contributed by atoms with Gasteiger partial charge >= 0.3 is 0 Å². The first kappa shape index (κ1) is 24.6. The minimum absolute atomic E-state index is 0.0572. The lowest BCUT2D eigenvalue weighted by atomic mass is 9.98. The number of carbonyl (C=O) groups excluding carboxylic acids is 1. The molecule has 1 aromatic heterocycles. The molecule has 2 aromatic rings. The van der Waals surface area contributed by atoms with E-state index in [1.165, 1.54) is 37.8 Å². The summed E-state index contributed by atoms with van der Waals surface area (Å²) in [4.78, 5) is 22.1. The van der Waals surface area contributed by atoms with Gasteiger partial charge in [0.2, 0.25) is 5.88 Å². The predicted molar refractivity (Wildman–Crippen MR) is 130 cm³/mol. The number of likely N-dealkylation sites (N-methyl/N-ethyl adjacent to an activating group) is 1. The number of nitrogens with zero attached hydrogens (tertiary/aromatic N) is 3. The molecule has 1 aliphatic heterocycles. The van der Waals surface area contributed by atoms with E-state index >= 15 is 0 Å². The number of pyridine rings is 1. The topological polar surface area (TPSA) is 65.9 Å². The van der Waals surface area contributed by atoms with Crippen LogP contribution in [0.1, 0.15) is 49.9 Å². The minimum Gasteiger partial charge on any atom is -0.472 e. The highest BCUT2D eigenvalue weighted by Crippen LogP contribution is 2.31. The molecule has 0 unspecified atom stereocenters. The molecule has 2 heterocycles. The molecule has 1 saturated carbocycles. The van der Waals surface area contributed by atoms with Crippen LogP contribution in [0.5, 0.6) is 5.88 Å². The number of aromatic nitrogens is 1. The number of aliphatic hydroxyl groups excluding tert-OH is 1. The maximum atomic E-state index is 13.8. The molecule has 1 aliphatic carbocycles. The van der Waals surface area contributed by atoms with E-state index in [9.17, 15) is 14.3 Å². The Bertz CT molecular complexity index is 995. The second-order valence-corrected chi connectivity index (χ2v) is 10.1. The van der Waals surface area contributed by atoms with Crippen LogP contribution in [0.25, 0.3) is 11.1 Å². The van der Waals surface area contributed by atoms with E-state index in [0.29, 0.717) is 29.1 Å². The van der Waals surface area contributed by atoms with E-state index in [1.54, 1.807) is 29.3 Å². The number of hydrogen-bond donors (Lipinski definition) is 1. The van der Waals surface area contributed by atoms with Gasteiger partial charge in [-0.2, -0.15) is 0 Å². The molecule has 1 N–H and O–H groups in total. The summed E-state index contributed by atoms with van der Waals surface area (Å²) in [5.74, 6) is 0.516. The van der Waals surface area contributed by atoms with E-state index in [2.05, 4.69) is 23.9 Å². The lowest BCUT2D eigenvalue weighted by Crippen LogP contribution is -2.50. The van der Waals surface area contributed by atoms with Gasteiger partial charge in [0, 0.05) is 37.3 Å². The molecular formula is C27H36FN3O3. The first-order valence-electron chi connectivity index (χ1n) is 12.4. The molecule has 2 aliphatic rings. The van der Waals surface area contributed by atoms with Crippen molar-refractivity contribution in [1.29, 1.82) is 0 Å². The van der Waals surface area contributed by atoms with Crippen LogP contribution in [-0.4, -0.2) is 71.2 Å². The standard InChI is InChI=1S/C27H36FN3O3/c1-18-14-31(19(2)17-32)27(33)24-12-22(21-9-6-10-23(28)11-21)13-29-26(24)34-25(18)16-30(3)15-20-7-4-5-8-20/h6,9-13,18-20,25,32H,4-5,7-8,14-17H2,1-3H3/t18-,19-,25+/m1/s1. The highest BCUT2D eigenvalue weighted by Gasteiger charge is 2.34. The second-order valence-electron chi connectivity index (χ2n) is 10.1. The fourth-order valence-electron chi connectivity index (χ4n) is 5.16. The summed E-state index contributed by atoms with van der Waals surface area (Å²) in [6.45, 7) is 6.06. The van der Waals surface area contributed by atoms with Gasteiger partial charge in [-0.1, -0.05) is 31.9 Å². The molecule has 6 nitrogen and oxygen atoms in total. The summed E-state index contributed by atoms with van der Waals surface area (Å²) in [7, 11) is 2.13. The lowest BCUT2D eigenvalue weighted by Gasteiger charge is -2.38. The van der Waals surface area contributed by atoms with E-state index in [0.717, 1.165) is 19.0 Å². The molecule has 0 bridgehead atoms. The zero-order valence-corrected chi connectivity index (χ0v) is 20.4. The van der Waals surface area contributed by atoms with E-state index in [4.69, 9.17) is 4.74 Å². The molecule has 0 spiro atoms. The summed E-state index contributed by atoms with van der Waals surface area (Å²) in [5, 5.41) is 9.84. The van der Waals surface area contributed by atoms with Crippen molar-refractivity contribution in [2.75, 3.05) is 33.3 Å². The molecule has 4 rings (SSSR count). The van der Waals surface area contributed by atoms with Crippen LogP contribution < -0.4 is 4.74 Å². The zero-order valence-electron chi connectivity index (χ0n) is 20.4. The Labute approximate surface area is 201 Å². The largest absolute Gasteiger partial charge is 0.472 e. The second kappa shape index (κ2) is 10.8. The van der Waals surface area contributed by atoms with Crippen LogP contribution in [0.4, 0.5) is 4.39 Å². The molecule has 7 heteroatoms. The summed E-state index contributed by atoms with van der Waals surface area (Å²) in [6, 6.07) is 7.63. The Balaban J connectivity index is 1.65. The van der Waals surface area contributed by atoms with Gasteiger partial charge in [0.05, 0.1) is 12.6 Å². The number of hydrogen-bond acceptors (Lipinski definition) is 5.